The van der Waals surface area contributed by atoms with Gasteiger partial charge in [0.25, 0.3) is 0 Å². The Morgan fingerprint density at radius 2 is 2.15 bits per heavy atom. The maximum Gasteiger partial charge on any atom is 0.410 e. The Hall–Kier alpha value is -2.42. The second kappa shape index (κ2) is 7.86. The summed E-state index contributed by atoms with van der Waals surface area (Å²) in [7, 11) is 0. The molecule has 9 heteroatoms. The van der Waals surface area contributed by atoms with Crippen molar-refractivity contribution in [3.05, 3.63) is 23.2 Å². The summed E-state index contributed by atoms with van der Waals surface area (Å²) < 4.78 is 5.03. The van der Waals surface area contributed by atoms with Crippen LogP contribution in [0.15, 0.2) is 12.7 Å². The molecule has 0 saturated carbocycles. The van der Waals surface area contributed by atoms with E-state index in [1.807, 2.05) is 0 Å². The summed E-state index contributed by atoms with van der Waals surface area (Å²) in [6, 6.07) is 0. The fourth-order valence-electron chi connectivity index (χ4n) is 3.06. The number of carbonyl (C=O) groups is 3. The Bertz CT molecular complexity index is 726. The Balaban J connectivity index is 1.50. The Morgan fingerprint density at radius 3 is 2.85 bits per heavy atom. The highest BCUT2D eigenvalue weighted by Crippen LogP contribution is 2.29. The van der Waals surface area contributed by atoms with E-state index in [-0.39, 0.29) is 23.8 Å². The monoisotopic (exact) mass is 378 g/mol. The van der Waals surface area contributed by atoms with E-state index in [1.165, 1.54) is 17.4 Å². The third-order valence-electron chi connectivity index (χ3n) is 4.42. The molecule has 1 N–H and O–H groups in total. The highest BCUT2D eigenvalue weighted by Gasteiger charge is 2.31. The Morgan fingerprint density at radius 1 is 1.38 bits per heavy atom. The highest BCUT2D eigenvalue weighted by atomic mass is 32.1. The number of likely N-dealkylation sites (tertiary alicyclic amines) is 1. The molecule has 1 fully saturated rings. The number of hydrogen-bond donors (Lipinski definition) is 1. The van der Waals surface area contributed by atoms with E-state index in [0.29, 0.717) is 50.8 Å². The van der Waals surface area contributed by atoms with E-state index >= 15 is 0 Å². The van der Waals surface area contributed by atoms with E-state index in [4.69, 9.17) is 4.74 Å². The second-order valence-corrected chi connectivity index (χ2v) is 7.41. The number of aromatic nitrogens is 1. The normalized spacial score (nSPS) is 16.5. The van der Waals surface area contributed by atoms with Crippen molar-refractivity contribution in [2.45, 2.75) is 26.3 Å². The van der Waals surface area contributed by atoms with Crippen molar-refractivity contribution >= 4 is 34.4 Å². The number of carbonyl (C=O) groups excluding carboxylic acids is 3. The maximum atomic E-state index is 12.2. The number of hydrogen-bond acceptors (Lipinski definition) is 6. The van der Waals surface area contributed by atoms with Crippen molar-refractivity contribution in [3.8, 4) is 0 Å². The van der Waals surface area contributed by atoms with Crippen molar-refractivity contribution in [1.82, 2.24) is 14.8 Å². The first-order valence-corrected chi connectivity index (χ1v) is 9.43. The van der Waals surface area contributed by atoms with Crippen molar-refractivity contribution in [1.29, 1.82) is 0 Å². The number of amides is 3. The van der Waals surface area contributed by atoms with Gasteiger partial charge in [-0.1, -0.05) is 17.9 Å². The molecule has 3 heterocycles. The zero-order valence-corrected chi connectivity index (χ0v) is 15.5. The highest BCUT2D eigenvalue weighted by molar-refractivity contribution is 7.15. The van der Waals surface area contributed by atoms with Crippen LogP contribution in [0.1, 0.15) is 23.9 Å². The summed E-state index contributed by atoms with van der Waals surface area (Å²) in [5, 5.41) is 3.39. The molecular formula is C17H22N4O4S. The van der Waals surface area contributed by atoms with Crippen LogP contribution >= 0.6 is 11.3 Å². The summed E-state index contributed by atoms with van der Waals surface area (Å²) >= 11 is 1.39. The molecule has 3 amide bonds. The minimum absolute atomic E-state index is 0.0968. The van der Waals surface area contributed by atoms with Crippen molar-refractivity contribution in [2.24, 2.45) is 5.92 Å². The molecule has 2 aliphatic rings. The lowest BCUT2D eigenvalue weighted by Crippen LogP contribution is -2.50. The van der Waals surface area contributed by atoms with Crippen LogP contribution in [-0.2, 0) is 27.3 Å². The first-order valence-electron chi connectivity index (χ1n) is 8.61. The number of anilines is 1. The average Bonchev–Trinajstić information content (AvgIpc) is 2.98. The van der Waals surface area contributed by atoms with E-state index in [9.17, 15) is 14.4 Å². The molecule has 140 valence electrons. The molecule has 1 aromatic rings. The molecule has 2 aliphatic heterocycles. The zero-order valence-electron chi connectivity index (χ0n) is 14.7. The summed E-state index contributed by atoms with van der Waals surface area (Å²) in [4.78, 5) is 44.2. The van der Waals surface area contributed by atoms with Gasteiger partial charge in [-0.15, -0.1) is 0 Å². The minimum Gasteiger partial charge on any atom is -0.450 e. The van der Waals surface area contributed by atoms with Crippen molar-refractivity contribution in [2.75, 3.05) is 31.6 Å². The second-order valence-electron chi connectivity index (χ2n) is 6.33. The quantitative estimate of drug-likeness (QED) is 0.787. The fraction of sp³-hybridized carbons (Fsp3) is 0.529. The molecule has 0 aromatic carbocycles. The predicted molar refractivity (Wildman–Crippen MR) is 96.8 cm³/mol. The first kappa shape index (κ1) is 18.4. The van der Waals surface area contributed by atoms with E-state index in [0.717, 1.165) is 10.6 Å². The lowest BCUT2D eigenvalue weighted by Gasteiger charge is -2.38. The van der Waals surface area contributed by atoms with Crippen LogP contribution in [0.2, 0.25) is 0 Å². The minimum atomic E-state index is -0.319. The van der Waals surface area contributed by atoms with Gasteiger partial charge < -0.3 is 19.9 Å². The van der Waals surface area contributed by atoms with Crippen molar-refractivity contribution < 1.29 is 19.1 Å². The summed E-state index contributed by atoms with van der Waals surface area (Å²) in [6.45, 7) is 7.78. The van der Waals surface area contributed by atoms with Gasteiger partial charge in [-0.3, -0.25) is 9.59 Å². The van der Waals surface area contributed by atoms with Gasteiger partial charge in [0.1, 0.15) is 0 Å². The lowest BCUT2D eigenvalue weighted by molar-refractivity contribution is -0.134. The third-order valence-corrected chi connectivity index (χ3v) is 5.42. The van der Waals surface area contributed by atoms with Crippen LogP contribution < -0.4 is 5.32 Å². The number of nitrogens with one attached hydrogen (secondary N) is 1. The molecule has 0 radical (unpaired) electrons. The van der Waals surface area contributed by atoms with Crippen LogP contribution in [0.3, 0.4) is 0 Å². The van der Waals surface area contributed by atoms with Gasteiger partial charge in [0.05, 0.1) is 18.8 Å². The number of nitrogens with zero attached hydrogens (tertiary/aromatic N) is 3. The molecule has 0 spiro atoms. The number of rotatable bonds is 5. The van der Waals surface area contributed by atoms with Crippen LogP contribution in [0.5, 0.6) is 0 Å². The molecule has 1 saturated heterocycles. The van der Waals surface area contributed by atoms with Gasteiger partial charge in [0.15, 0.2) is 5.13 Å². The zero-order chi connectivity index (χ0) is 18.7. The molecule has 0 atom stereocenters. The van der Waals surface area contributed by atoms with Crippen LogP contribution in [0.25, 0.3) is 0 Å². The van der Waals surface area contributed by atoms with Gasteiger partial charge in [-0.25, -0.2) is 9.78 Å². The van der Waals surface area contributed by atoms with E-state index < -0.39 is 0 Å². The number of fused-ring (bicyclic) bond motifs is 1. The standard InChI is InChI=1S/C17H22N4O4S/c1-3-15(23)21-8-11(9-21)7-14(22)19-16-18-12-5-6-20(10-13(12)26-16)17(24)25-4-2/h3,11H,1,4-10H2,2H3,(H,18,19,22). The predicted octanol–water partition coefficient (Wildman–Crippen LogP) is 1.63. The number of ether oxygens (including phenoxy) is 1. The summed E-state index contributed by atoms with van der Waals surface area (Å²) in [5.74, 6) is -0.0257. The lowest BCUT2D eigenvalue weighted by atomic mass is 9.96. The van der Waals surface area contributed by atoms with Gasteiger partial charge in [0.2, 0.25) is 11.8 Å². The topological polar surface area (TPSA) is 91.8 Å². The van der Waals surface area contributed by atoms with Gasteiger partial charge in [-0.05, 0) is 13.0 Å². The van der Waals surface area contributed by atoms with E-state index in [2.05, 4.69) is 16.9 Å². The molecular weight excluding hydrogens is 356 g/mol. The Labute approximate surface area is 155 Å². The molecule has 1 aromatic heterocycles. The van der Waals surface area contributed by atoms with E-state index in [1.54, 1.807) is 16.7 Å². The van der Waals surface area contributed by atoms with Gasteiger partial charge >= 0.3 is 6.09 Å². The van der Waals surface area contributed by atoms with Gasteiger partial charge in [-0.2, -0.15) is 0 Å². The number of thiazole rings is 1. The van der Waals surface area contributed by atoms with Crippen LogP contribution in [-0.4, -0.2) is 58.9 Å². The average molecular weight is 378 g/mol. The Kier molecular flexibility index (Phi) is 5.55. The molecule has 0 aliphatic carbocycles. The molecule has 3 rings (SSSR count). The van der Waals surface area contributed by atoms with Gasteiger partial charge in [0, 0.05) is 43.3 Å². The molecule has 0 unspecified atom stereocenters. The fourth-order valence-corrected chi connectivity index (χ4v) is 4.10. The summed E-state index contributed by atoms with van der Waals surface area (Å²) in [6.07, 6.45) is 1.98. The van der Waals surface area contributed by atoms with Crippen molar-refractivity contribution in [3.63, 3.8) is 0 Å². The van der Waals surface area contributed by atoms with Crippen LogP contribution in [0.4, 0.5) is 9.93 Å². The molecule has 8 nitrogen and oxygen atoms in total. The third kappa shape index (κ3) is 4.04. The first-order chi connectivity index (χ1) is 12.5. The molecule has 26 heavy (non-hydrogen) atoms. The van der Waals surface area contributed by atoms with Crippen LogP contribution in [0, 0.1) is 5.92 Å². The largest absolute Gasteiger partial charge is 0.450 e. The SMILES string of the molecule is C=CC(=O)N1CC(CC(=O)Nc2nc3c(s2)CN(C(=O)OCC)CC3)C1. The maximum absolute atomic E-state index is 12.2. The summed E-state index contributed by atoms with van der Waals surface area (Å²) in [5.41, 5.74) is 0.928. The molecule has 0 bridgehead atoms. The smallest absolute Gasteiger partial charge is 0.410 e.